The van der Waals surface area contributed by atoms with Crippen molar-refractivity contribution >= 4 is 46.5 Å². The summed E-state index contributed by atoms with van der Waals surface area (Å²) in [6, 6.07) is 10.4. The van der Waals surface area contributed by atoms with Crippen molar-refractivity contribution in [2.24, 2.45) is 5.92 Å². The molecule has 3 aromatic rings. The molecule has 3 N–H and O–H groups in total. The van der Waals surface area contributed by atoms with E-state index in [1.54, 1.807) is 35.1 Å². The molecule has 0 aliphatic carbocycles. The molecule has 0 radical (unpaired) electrons. The van der Waals surface area contributed by atoms with Crippen LogP contribution in [0.25, 0.3) is 17.0 Å². The highest BCUT2D eigenvalue weighted by Gasteiger charge is 2.48. The van der Waals surface area contributed by atoms with Crippen molar-refractivity contribution in [2.45, 2.75) is 64.6 Å². The molecule has 4 rings (SSSR count). The molecule has 0 bridgehead atoms. The number of aromatic amines is 1. The first kappa shape index (κ1) is 29.2. The third-order valence-electron chi connectivity index (χ3n) is 6.70. The van der Waals surface area contributed by atoms with Gasteiger partial charge in [0.15, 0.2) is 0 Å². The number of H-pyrrole nitrogens is 1. The predicted molar refractivity (Wildman–Crippen MR) is 158 cm³/mol. The van der Waals surface area contributed by atoms with Gasteiger partial charge >= 0.3 is 0 Å². The van der Waals surface area contributed by atoms with Gasteiger partial charge in [0.05, 0.1) is 10.4 Å². The van der Waals surface area contributed by atoms with Gasteiger partial charge < -0.3 is 25.3 Å². The highest BCUT2D eigenvalue weighted by molar-refractivity contribution is 8.00. The molecule has 1 aliphatic heterocycles. The van der Waals surface area contributed by atoms with E-state index in [-0.39, 0.29) is 23.6 Å². The minimum absolute atomic E-state index is 0.201. The third kappa shape index (κ3) is 7.04. The molecule has 1 unspecified atom stereocenters. The zero-order valence-electron chi connectivity index (χ0n) is 23.6. The van der Waals surface area contributed by atoms with Gasteiger partial charge in [-0.15, -0.1) is 11.8 Å². The summed E-state index contributed by atoms with van der Waals surface area (Å²) in [5.74, 6) is 0.403. The number of amides is 3. The Kier molecular flexibility index (Phi) is 9.19. The van der Waals surface area contributed by atoms with Crippen molar-refractivity contribution in [1.29, 1.82) is 0 Å². The minimum Gasteiger partial charge on any atom is -0.473 e. The number of nitrogens with one attached hydrogen (secondary N) is 3. The van der Waals surface area contributed by atoms with Crippen molar-refractivity contribution in [3.63, 3.8) is 0 Å². The van der Waals surface area contributed by atoms with Crippen LogP contribution in [-0.2, 0) is 21.0 Å². The molecule has 0 spiro atoms. The Labute approximate surface area is 239 Å². The number of carbonyl (C=O) groups excluding carboxylic acids is 3. The summed E-state index contributed by atoms with van der Waals surface area (Å²) < 4.78 is 5.82. The van der Waals surface area contributed by atoms with Crippen LogP contribution in [0.1, 0.15) is 52.2 Å². The zero-order chi connectivity index (χ0) is 28.9. The van der Waals surface area contributed by atoms with Crippen LogP contribution in [0.4, 0.5) is 0 Å². The molecule has 3 amide bonds. The van der Waals surface area contributed by atoms with Gasteiger partial charge in [0.2, 0.25) is 23.6 Å². The number of pyridine rings is 1. The van der Waals surface area contributed by atoms with Gasteiger partial charge in [0.25, 0.3) is 0 Å². The molecule has 1 aliphatic rings. The smallest absolute Gasteiger partial charge is 0.247 e. The monoisotopic (exact) mass is 563 g/mol. The SMILES string of the molecule is CC(=O)N[C@H](CC(C)C)C(=O)N1C(C(=O)N/C=C/c2c[nH]c3cc(OCc4ccccc4)ncc23)CSC1(C)C. The number of benzene rings is 1. The quantitative estimate of drug-likeness (QED) is 0.335. The van der Waals surface area contributed by atoms with Crippen molar-refractivity contribution in [2.75, 3.05) is 5.75 Å². The summed E-state index contributed by atoms with van der Waals surface area (Å²) in [5, 5.41) is 6.52. The number of hydrogen-bond acceptors (Lipinski definition) is 6. The molecule has 40 heavy (non-hydrogen) atoms. The second-order valence-electron chi connectivity index (χ2n) is 10.8. The lowest BCUT2D eigenvalue weighted by Gasteiger charge is -2.37. The third-order valence-corrected chi connectivity index (χ3v) is 8.09. The van der Waals surface area contributed by atoms with E-state index in [9.17, 15) is 14.4 Å². The number of aromatic nitrogens is 2. The standard InChI is InChI=1S/C30H37N5O4S/c1-19(2)13-25(34-20(3)36)29(38)35-26(18-40-30(35,4)5)28(37)31-12-11-22-15-32-24-14-27(33-16-23(22)24)39-17-21-9-7-6-8-10-21/h6-12,14-16,19,25-26,32H,13,17-18H2,1-5H3,(H,31,37)(H,34,36)/b12-11+/t25-,26?/m1/s1. The van der Waals surface area contributed by atoms with E-state index in [2.05, 4.69) is 20.6 Å². The minimum atomic E-state index is -0.679. The van der Waals surface area contributed by atoms with Crippen LogP contribution >= 0.6 is 11.8 Å². The molecule has 2 atom stereocenters. The van der Waals surface area contributed by atoms with E-state index in [1.165, 1.54) is 6.92 Å². The Morgan fingerprint density at radius 2 is 2.00 bits per heavy atom. The lowest BCUT2D eigenvalue weighted by molar-refractivity contribution is -0.144. The molecule has 1 saturated heterocycles. The van der Waals surface area contributed by atoms with Gasteiger partial charge in [-0.25, -0.2) is 4.98 Å². The van der Waals surface area contributed by atoms with Gasteiger partial charge in [-0.3, -0.25) is 14.4 Å². The van der Waals surface area contributed by atoms with Crippen LogP contribution in [0.2, 0.25) is 0 Å². The van der Waals surface area contributed by atoms with E-state index in [0.717, 1.165) is 22.0 Å². The Morgan fingerprint density at radius 1 is 1.25 bits per heavy atom. The van der Waals surface area contributed by atoms with Crippen molar-refractivity contribution < 1.29 is 19.1 Å². The maximum Gasteiger partial charge on any atom is 0.247 e. The number of fused-ring (bicyclic) bond motifs is 1. The van der Waals surface area contributed by atoms with Crippen molar-refractivity contribution in [3.05, 3.63) is 66.1 Å². The Balaban J connectivity index is 1.42. The molecule has 10 heteroatoms. The fourth-order valence-electron chi connectivity index (χ4n) is 4.80. The molecule has 3 heterocycles. The van der Waals surface area contributed by atoms with E-state index < -0.39 is 17.0 Å². The molecular formula is C30H37N5O4S. The van der Waals surface area contributed by atoms with Gasteiger partial charge in [-0.05, 0) is 37.8 Å². The van der Waals surface area contributed by atoms with Crippen LogP contribution in [-0.4, -0.2) is 55.3 Å². The molecule has 2 aromatic heterocycles. The summed E-state index contributed by atoms with van der Waals surface area (Å²) in [4.78, 5) is 47.3. The van der Waals surface area contributed by atoms with Gasteiger partial charge in [-0.2, -0.15) is 0 Å². The predicted octanol–water partition coefficient (Wildman–Crippen LogP) is 4.46. The number of nitrogens with zero attached hydrogens (tertiary/aromatic N) is 2. The maximum absolute atomic E-state index is 13.6. The number of thioether (sulfide) groups is 1. The fraction of sp³-hybridized carbons (Fsp3) is 0.400. The van der Waals surface area contributed by atoms with Gasteiger partial charge in [-0.1, -0.05) is 44.2 Å². The molecule has 0 saturated carbocycles. The molecule has 9 nitrogen and oxygen atoms in total. The van der Waals surface area contributed by atoms with E-state index in [0.29, 0.717) is 24.7 Å². The summed E-state index contributed by atoms with van der Waals surface area (Å²) in [7, 11) is 0. The van der Waals surface area contributed by atoms with E-state index >= 15 is 0 Å². The first-order chi connectivity index (χ1) is 19.0. The number of hydrogen-bond donors (Lipinski definition) is 3. The van der Waals surface area contributed by atoms with Crippen LogP contribution < -0.4 is 15.4 Å². The summed E-state index contributed by atoms with van der Waals surface area (Å²) in [6.07, 6.45) is 7.45. The topological polar surface area (TPSA) is 116 Å². The molecule has 1 fully saturated rings. The first-order valence-electron chi connectivity index (χ1n) is 13.4. The second-order valence-corrected chi connectivity index (χ2v) is 12.4. The van der Waals surface area contributed by atoms with E-state index in [1.807, 2.05) is 70.3 Å². The maximum atomic E-state index is 13.6. The lowest BCUT2D eigenvalue weighted by atomic mass is 10.0. The van der Waals surface area contributed by atoms with Crippen LogP contribution in [0.15, 0.2) is 55.0 Å². The number of carbonyl (C=O) groups is 3. The van der Waals surface area contributed by atoms with Gasteiger partial charge in [0.1, 0.15) is 18.7 Å². The Bertz CT molecular complexity index is 1390. The normalized spacial score (nSPS) is 17.4. The number of rotatable bonds is 10. The Morgan fingerprint density at radius 3 is 2.70 bits per heavy atom. The highest BCUT2D eigenvalue weighted by atomic mass is 32.2. The van der Waals surface area contributed by atoms with Crippen molar-refractivity contribution in [3.8, 4) is 5.88 Å². The van der Waals surface area contributed by atoms with Crippen LogP contribution in [0, 0.1) is 5.92 Å². The van der Waals surface area contributed by atoms with Crippen LogP contribution in [0.3, 0.4) is 0 Å². The Hall–Kier alpha value is -3.79. The summed E-state index contributed by atoms with van der Waals surface area (Å²) in [6.45, 7) is 9.68. The second kappa shape index (κ2) is 12.6. The lowest BCUT2D eigenvalue weighted by Crippen LogP contribution is -2.58. The zero-order valence-corrected chi connectivity index (χ0v) is 24.4. The van der Waals surface area contributed by atoms with Crippen molar-refractivity contribution in [1.82, 2.24) is 25.5 Å². The largest absolute Gasteiger partial charge is 0.473 e. The van der Waals surface area contributed by atoms with Crippen LogP contribution in [0.5, 0.6) is 5.88 Å². The average Bonchev–Trinajstić information content (AvgIpc) is 3.46. The fourth-order valence-corrected chi connectivity index (χ4v) is 6.02. The highest BCUT2D eigenvalue weighted by Crippen LogP contribution is 2.39. The summed E-state index contributed by atoms with van der Waals surface area (Å²) >= 11 is 1.55. The molecule has 1 aromatic carbocycles. The molecule has 212 valence electrons. The van der Waals surface area contributed by atoms with E-state index in [4.69, 9.17) is 4.74 Å². The molecular weight excluding hydrogens is 526 g/mol. The number of ether oxygens (including phenoxy) is 1. The average molecular weight is 564 g/mol. The first-order valence-corrected chi connectivity index (χ1v) is 14.4. The summed E-state index contributed by atoms with van der Waals surface area (Å²) in [5.41, 5.74) is 2.78. The van der Waals surface area contributed by atoms with Gasteiger partial charge in [0, 0.05) is 48.3 Å².